The van der Waals surface area contributed by atoms with Crippen molar-refractivity contribution in [3.8, 4) is 11.5 Å². The van der Waals surface area contributed by atoms with E-state index in [0.717, 1.165) is 0 Å². The van der Waals surface area contributed by atoms with Gasteiger partial charge in [-0.15, -0.1) is 0 Å². The van der Waals surface area contributed by atoms with E-state index < -0.39 is 19.8 Å². The first-order valence-electron chi connectivity index (χ1n) is 8.06. The Morgan fingerprint density at radius 1 is 1.00 bits per heavy atom. The van der Waals surface area contributed by atoms with Gasteiger partial charge in [0.2, 0.25) is 0 Å². The molecule has 0 saturated carbocycles. The van der Waals surface area contributed by atoms with Gasteiger partial charge in [0, 0.05) is 0 Å². The lowest BCUT2D eigenvalue weighted by Gasteiger charge is -2.23. The first-order valence-corrected chi connectivity index (χ1v) is 9.98. The number of hydrogen-bond acceptors (Lipinski definition) is 5. The lowest BCUT2D eigenvalue weighted by molar-refractivity contribution is -0.149. The zero-order valence-electron chi connectivity index (χ0n) is 14.7. The molecule has 2 aromatic rings. The van der Waals surface area contributed by atoms with Gasteiger partial charge in [0.25, 0.3) is 0 Å². The van der Waals surface area contributed by atoms with E-state index in [0.29, 0.717) is 5.75 Å². The topological polar surface area (TPSA) is 73.9 Å². The van der Waals surface area contributed by atoms with Crippen molar-refractivity contribution < 1.29 is 23.1 Å². The van der Waals surface area contributed by atoms with Gasteiger partial charge in [-0.1, -0.05) is 41.9 Å². The van der Waals surface area contributed by atoms with Gasteiger partial charge in [-0.25, -0.2) is 4.57 Å². The van der Waals surface area contributed by atoms with Gasteiger partial charge >= 0.3 is 13.7 Å². The summed E-state index contributed by atoms with van der Waals surface area (Å²) in [7, 11) is -3.98. The largest absolute Gasteiger partial charge is 0.513 e. The SMILES string of the molecule is CC(C)OC(=O)[C@H](C)NP(=O)(Oc1ccccc1)Oc1ccccc1Cl. The molecule has 0 spiro atoms. The van der Waals surface area contributed by atoms with Crippen molar-refractivity contribution in [3.63, 3.8) is 0 Å². The van der Waals surface area contributed by atoms with Crippen LogP contribution in [0.5, 0.6) is 11.5 Å². The van der Waals surface area contributed by atoms with Crippen molar-refractivity contribution in [3.05, 3.63) is 59.6 Å². The number of carbonyl (C=O) groups excluding carboxylic acids is 1. The number of rotatable bonds is 8. The van der Waals surface area contributed by atoms with Gasteiger partial charge < -0.3 is 13.8 Å². The van der Waals surface area contributed by atoms with Crippen molar-refractivity contribution in [2.45, 2.75) is 32.9 Å². The van der Waals surface area contributed by atoms with Crippen LogP contribution in [0.15, 0.2) is 54.6 Å². The van der Waals surface area contributed by atoms with Gasteiger partial charge in [0.1, 0.15) is 17.5 Å². The normalized spacial score (nSPS) is 14.3. The summed E-state index contributed by atoms with van der Waals surface area (Å²) in [5, 5.41) is 2.87. The Hall–Kier alpha value is -2.01. The smallest absolute Gasteiger partial charge is 0.462 e. The quantitative estimate of drug-likeness (QED) is 0.507. The number of benzene rings is 2. The second-order valence-corrected chi connectivity index (χ2v) is 7.79. The Bertz CT molecular complexity index is 784. The standard InChI is InChI=1S/C18H21ClNO5P/c1-13(2)23-18(21)14(3)20-26(22,24-15-9-5-4-6-10-15)25-17-12-8-7-11-16(17)19/h4-14H,1-3H3,(H,20,22)/t14-,26?/m0/s1. The molecule has 0 aliphatic heterocycles. The predicted molar refractivity (Wildman–Crippen MR) is 101 cm³/mol. The minimum Gasteiger partial charge on any atom is -0.462 e. The molecule has 0 aromatic heterocycles. The van der Waals surface area contributed by atoms with Crippen LogP contribution in [0.1, 0.15) is 20.8 Å². The molecule has 2 atom stereocenters. The van der Waals surface area contributed by atoms with Crippen molar-refractivity contribution >= 4 is 25.3 Å². The minimum atomic E-state index is -3.98. The maximum Gasteiger partial charge on any atom is 0.513 e. The van der Waals surface area contributed by atoms with Gasteiger partial charge in [-0.2, -0.15) is 5.09 Å². The second kappa shape index (κ2) is 9.08. The van der Waals surface area contributed by atoms with Crippen molar-refractivity contribution in [1.29, 1.82) is 0 Å². The molecule has 0 aliphatic carbocycles. The fraction of sp³-hybridized carbons (Fsp3) is 0.278. The Morgan fingerprint density at radius 3 is 2.23 bits per heavy atom. The summed E-state index contributed by atoms with van der Waals surface area (Å²) in [6.45, 7) is 4.97. The molecule has 1 N–H and O–H groups in total. The van der Waals surface area contributed by atoms with Crippen LogP contribution in [0, 0.1) is 0 Å². The molecule has 0 heterocycles. The van der Waals surface area contributed by atoms with E-state index in [1.807, 2.05) is 0 Å². The van der Waals surface area contributed by atoms with Crippen LogP contribution in [0.4, 0.5) is 0 Å². The average molecular weight is 398 g/mol. The molecule has 1 unspecified atom stereocenters. The van der Waals surface area contributed by atoms with E-state index in [1.165, 1.54) is 6.92 Å². The predicted octanol–water partition coefficient (Wildman–Crippen LogP) is 4.84. The molecule has 26 heavy (non-hydrogen) atoms. The van der Waals surface area contributed by atoms with E-state index in [9.17, 15) is 9.36 Å². The highest BCUT2D eigenvalue weighted by molar-refractivity contribution is 7.52. The summed E-state index contributed by atoms with van der Waals surface area (Å²) in [5.74, 6) is -0.0789. The summed E-state index contributed by atoms with van der Waals surface area (Å²) in [4.78, 5) is 12.1. The molecular weight excluding hydrogens is 377 g/mol. The lowest BCUT2D eigenvalue weighted by atomic mass is 10.3. The number of ether oxygens (including phenoxy) is 1. The highest BCUT2D eigenvalue weighted by Crippen LogP contribution is 2.46. The third-order valence-electron chi connectivity index (χ3n) is 3.08. The van der Waals surface area contributed by atoms with Crippen molar-refractivity contribution in [2.24, 2.45) is 0 Å². The molecule has 0 fully saturated rings. The number of esters is 1. The highest BCUT2D eigenvalue weighted by Gasteiger charge is 2.34. The van der Waals surface area contributed by atoms with Crippen LogP contribution in [0.3, 0.4) is 0 Å². The zero-order chi connectivity index (χ0) is 19.2. The molecule has 140 valence electrons. The maximum atomic E-state index is 13.3. The number of nitrogens with one attached hydrogen (secondary N) is 1. The number of halogens is 1. The summed E-state index contributed by atoms with van der Waals surface area (Å²) >= 11 is 6.08. The van der Waals surface area contributed by atoms with Crippen LogP contribution in [0.2, 0.25) is 5.02 Å². The first-order chi connectivity index (χ1) is 12.3. The molecule has 0 aliphatic rings. The van der Waals surface area contributed by atoms with E-state index in [4.69, 9.17) is 25.4 Å². The van der Waals surface area contributed by atoms with E-state index in [1.54, 1.807) is 68.4 Å². The monoisotopic (exact) mass is 397 g/mol. The zero-order valence-corrected chi connectivity index (χ0v) is 16.4. The molecule has 0 bridgehead atoms. The Balaban J connectivity index is 2.24. The van der Waals surface area contributed by atoms with Crippen LogP contribution < -0.4 is 14.1 Å². The maximum absolute atomic E-state index is 13.3. The second-order valence-electron chi connectivity index (χ2n) is 5.76. The fourth-order valence-electron chi connectivity index (χ4n) is 1.96. The number of carbonyl (C=O) groups is 1. The highest BCUT2D eigenvalue weighted by atomic mass is 35.5. The van der Waals surface area contributed by atoms with E-state index >= 15 is 0 Å². The number of para-hydroxylation sites is 2. The summed E-state index contributed by atoms with van der Waals surface area (Å²) in [6.07, 6.45) is -0.300. The van der Waals surface area contributed by atoms with Crippen LogP contribution in [0.25, 0.3) is 0 Å². The molecule has 2 rings (SSSR count). The van der Waals surface area contributed by atoms with Crippen LogP contribution in [-0.4, -0.2) is 18.1 Å². The summed E-state index contributed by atoms with van der Waals surface area (Å²) < 4.78 is 29.5. The molecule has 6 nitrogen and oxygen atoms in total. The molecule has 0 radical (unpaired) electrons. The Labute approximate surface area is 158 Å². The van der Waals surface area contributed by atoms with E-state index in [-0.39, 0.29) is 16.9 Å². The Morgan fingerprint density at radius 2 is 1.62 bits per heavy atom. The number of hydrogen-bond donors (Lipinski definition) is 1. The lowest BCUT2D eigenvalue weighted by Crippen LogP contribution is -2.36. The van der Waals surface area contributed by atoms with Crippen molar-refractivity contribution in [1.82, 2.24) is 5.09 Å². The Kier molecular flexibility index (Phi) is 7.09. The minimum absolute atomic E-state index is 0.172. The van der Waals surface area contributed by atoms with E-state index in [2.05, 4.69) is 5.09 Å². The van der Waals surface area contributed by atoms with Crippen molar-refractivity contribution in [2.75, 3.05) is 0 Å². The first kappa shape index (κ1) is 20.3. The van der Waals surface area contributed by atoms with Gasteiger partial charge in [-0.3, -0.25) is 4.79 Å². The third-order valence-corrected chi connectivity index (χ3v) is 4.99. The van der Waals surface area contributed by atoms with Gasteiger partial charge in [0.15, 0.2) is 0 Å². The fourth-order valence-corrected chi connectivity index (χ4v) is 3.73. The molecule has 8 heteroatoms. The van der Waals surface area contributed by atoms with Crippen LogP contribution >= 0.6 is 19.3 Å². The van der Waals surface area contributed by atoms with Gasteiger partial charge in [-0.05, 0) is 45.0 Å². The average Bonchev–Trinajstić information content (AvgIpc) is 2.57. The van der Waals surface area contributed by atoms with Gasteiger partial charge in [0.05, 0.1) is 11.1 Å². The molecule has 0 amide bonds. The molecular formula is C18H21ClNO5P. The summed E-state index contributed by atoms with van der Waals surface area (Å²) in [6, 6.07) is 14.1. The molecule has 0 saturated heterocycles. The molecule has 2 aromatic carbocycles. The van der Waals surface area contributed by atoms with Crippen LogP contribution in [-0.2, 0) is 14.1 Å². The third kappa shape index (κ3) is 6.06. The summed E-state index contributed by atoms with van der Waals surface area (Å²) in [5.41, 5.74) is 0.